The number of nitrogens with two attached hydrogens (primary N) is 1. The van der Waals surface area contributed by atoms with E-state index in [2.05, 4.69) is 15.9 Å². The van der Waals surface area contributed by atoms with Crippen LogP contribution in [0.25, 0.3) is 16.6 Å². The average molecular weight is 349 g/mol. The lowest BCUT2D eigenvalue weighted by Crippen LogP contribution is -2.22. The molecule has 0 bridgehead atoms. The summed E-state index contributed by atoms with van der Waals surface area (Å²) in [5.41, 5.74) is 7.54. The van der Waals surface area contributed by atoms with Crippen LogP contribution in [0.4, 0.5) is 4.39 Å². The van der Waals surface area contributed by atoms with Crippen LogP contribution in [0.15, 0.2) is 53.1 Å². The highest BCUT2D eigenvalue weighted by molar-refractivity contribution is 9.10. The molecule has 5 heteroatoms. The molecule has 0 spiro atoms. The number of halogens is 2. The average Bonchev–Trinajstić information content (AvgIpc) is 2.80. The van der Waals surface area contributed by atoms with Crippen LogP contribution in [-0.4, -0.2) is 10.8 Å². The Morgan fingerprint density at radius 1 is 1.24 bits per heavy atom. The highest BCUT2D eigenvalue weighted by Crippen LogP contribution is 2.32. The maximum atomic E-state index is 13.4. The maximum Gasteiger partial charge on any atom is 0.147 e. The Labute approximate surface area is 130 Å². The maximum absolute atomic E-state index is 13.4. The van der Waals surface area contributed by atoms with Crippen molar-refractivity contribution in [2.24, 2.45) is 5.73 Å². The van der Waals surface area contributed by atoms with Crippen molar-refractivity contribution in [3.8, 4) is 11.4 Å². The Morgan fingerprint density at radius 3 is 2.71 bits per heavy atom. The Kier molecular flexibility index (Phi) is 3.69. The summed E-state index contributed by atoms with van der Waals surface area (Å²) in [7, 11) is 0. The van der Waals surface area contributed by atoms with Gasteiger partial charge in [0.05, 0.1) is 16.2 Å². The third kappa shape index (κ3) is 2.66. The van der Waals surface area contributed by atoms with Crippen LogP contribution in [0.5, 0.6) is 5.75 Å². The first-order valence-corrected chi connectivity index (χ1v) is 7.33. The first-order chi connectivity index (χ1) is 10.1. The molecule has 0 radical (unpaired) electrons. The van der Waals surface area contributed by atoms with Gasteiger partial charge in [-0.25, -0.2) is 4.39 Å². The molecule has 21 heavy (non-hydrogen) atoms. The second kappa shape index (κ2) is 5.50. The molecule has 0 fully saturated rings. The quantitative estimate of drug-likeness (QED) is 0.720. The molecule has 1 unspecified atom stereocenters. The van der Waals surface area contributed by atoms with E-state index < -0.39 is 6.23 Å². The van der Waals surface area contributed by atoms with E-state index in [4.69, 9.17) is 10.5 Å². The van der Waals surface area contributed by atoms with Crippen molar-refractivity contribution in [1.29, 1.82) is 0 Å². The lowest BCUT2D eigenvalue weighted by molar-refractivity contribution is 0.233. The first-order valence-electron chi connectivity index (χ1n) is 6.54. The van der Waals surface area contributed by atoms with Crippen molar-refractivity contribution in [3.63, 3.8) is 0 Å². The highest BCUT2D eigenvalue weighted by Gasteiger charge is 2.12. The SMILES string of the molecule is CC(N)Oc1cn(-c2ccc(F)c(Br)c2)c2ccccc12. The second-order valence-electron chi connectivity index (χ2n) is 4.80. The third-order valence-corrected chi connectivity index (χ3v) is 3.78. The van der Waals surface area contributed by atoms with Gasteiger partial charge in [0.25, 0.3) is 0 Å². The number of nitrogens with zero attached hydrogens (tertiary/aromatic N) is 1. The van der Waals surface area contributed by atoms with Gasteiger partial charge in [0.2, 0.25) is 0 Å². The van der Waals surface area contributed by atoms with Crippen LogP contribution in [0.3, 0.4) is 0 Å². The summed E-state index contributed by atoms with van der Waals surface area (Å²) in [6.07, 6.45) is 1.47. The number of aromatic nitrogens is 1. The largest absolute Gasteiger partial charge is 0.474 e. The lowest BCUT2D eigenvalue weighted by Gasteiger charge is -2.07. The number of fused-ring (bicyclic) bond motifs is 1. The van der Waals surface area contributed by atoms with Gasteiger partial charge in [0.1, 0.15) is 17.8 Å². The third-order valence-electron chi connectivity index (χ3n) is 3.17. The van der Waals surface area contributed by atoms with Crippen molar-refractivity contribution in [2.45, 2.75) is 13.2 Å². The van der Waals surface area contributed by atoms with Crippen molar-refractivity contribution in [1.82, 2.24) is 4.57 Å². The molecular weight excluding hydrogens is 335 g/mol. The van der Waals surface area contributed by atoms with E-state index in [9.17, 15) is 4.39 Å². The smallest absolute Gasteiger partial charge is 0.147 e. The van der Waals surface area contributed by atoms with Crippen molar-refractivity contribution in [2.75, 3.05) is 0 Å². The van der Waals surface area contributed by atoms with Crippen LogP contribution in [0, 0.1) is 5.82 Å². The van der Waals surface area contributed by atoms with Crippen molar-refractivity contribution >= 4 is 26.8 Å². The van der Waals surface area contributed by atoms with Crippen LogP contribution in [0.2, 0.25) is 0 Å². The molecule has 2 N–H and O–H groups in total. The molecule has 3 rings (SSSR count). The number of rotatable bonds is 3. The van der Waals surface area contributed by atoms with Gasteiger partial charge in [0.15, 0.2) is 0 Å². The van der Waals surface area contributed by atoms with Gasteiger partial charge < -0.3 is 9.30 Å². The fraction of sp³-hybridized carbons (Fsp3) is 0.125. The topological polar surface area (TPSA) is 40.2 Å². The predicted octanol–water partition coefficient (Wildman–Crippen LogP) is 4.22. The first kappa shape index (κ1) is 14.1. The van der Waals surface area contributed by atoms with Crippen LogP contribution in [0.1, 0.15) is 6.92 Å². The Bertz CT molecular complexity index is 798. The monoisotopic (exact) mass is 348 g/mol. The molecule has 3 aromatic rings. The van der Waals surface area contributed by atoms with Crippen molar-refractivity contribution in [3.05, 3.63) is 59.0 Å². The summed E-state index contributed by atoms with van der Waals surface area (Å²) in [4.78, 5) is 0. The number of benzene rings is 2. The highest BCUT2D eigenvalue weighted by atomic mass is 79.9. The van der Waals surface area contributed by atoms with Gasteiger partial charge in [-0.05, 0) is 53.2 Å². The van der Waals surface area contributed by atoms with Gasteiger partial charge in [0, 0.05) is 11.1 Å². The number of ether oxygens (including phenoxy) is 1. The molecule has 0 amide bonds. The minimum atomic E-state index is -0.399. The van der Waals surface area contributed by atoms with Gasteiger partial charge >= 0.3 is 0 Å². The fourth-order valence-electron chi connectivity index (χ4n) is 2.29. The summed E-state index contributed by atoms with van der Waals surface area (Å²) in [6, 6.07) is 12.7. The summed E-state index contributed by atoms with van der Waals surface area (Å²) in [6.45, 7) is 1.78. The molecule has 0 aliphatic carbocycles. The fourth-order valence-corrected chi connectivity index (χ4v) is 2.66. The van der Waals surface area contributed by atoms with E-state index in [0.29, 0.717) is 10.2 Å². The normalized spacial score (nSPS) is 12.6. The van der Waals surface area contributed by atoms with E-state index in [-0.39, 0.29) is 5.82 Å². The zero-order valence-corrected chi connectivity index (χ0v) is 13.0. The van der Waals surface area contributed by atoms with Crippen LogP contribution >= 0.6 is 15.9 Å². The molecule has 0 aliphatic rings. The van der Waals surface area contributed by atoms with E-state index in [1.54, 1.807) is 19.1 Å². The summed E-state index contributed by atoms with van der Waals surface area (Å²) in [5.74, 6) is 0.420. The van der Waals surface area contributed by atoms with Gasteiger partial charge in [-0.2, -0.15) is 0 Å². The molecule has 108 valence electrons. The summed E-state index contributed by atoms with van der Waals surface area (Å²) in [5, 5.41) is 0.968. The minimum absolute atomic E-state index is 0.290. The van der Waals surface area contributed by atoms with E-state index in [1.807, 2.05) is 35.0 Å². The Morgan fingerprint density at radius 2 is 2.00 bits per heavy atom. The van der Waals surface area contributed by atoms with E-state index in [1.165, 1.54) is 6.07 Å². The minimum Gasteiger partial charge on any atom is -0.474 e. The van der Waals surface area contributed by atoms with Crippen LogP contribution < -0.4 is 10.5 Å². The predicted molar refractivity (Wildman–Crippen MR) is 85.2 cm³/mol. The lowest BCUT2D eigenvalue weighted by atomic mass is 10.2. The molecule has 0 saturated carbocycles. The summed E-state index contributed by atoms with van der Waals surface area (Å²) < 4.78 is 21.4. The second-order valence-corrected chi connectivity index (χ2v) is 5.66. The molecule has 0 aliphatic heterocycles. The van der Waals surface area contributed by atoms with E-state index in [0.717, 1.165) is 16.6 Å². The van der Waals surface area contributed by atoms with E-state index >= 15 is 0 Å². The Hall–Kier alpha value is -1.85. The number of hydrogen-bond donors (Lipinski definition) is 1. The molecule has 0 saturated heterocycles. The van der Waals surface area contributed by atoms with Crippen molar-refractivity contribution < 1.29 is 9.13 Å². The zero-order chi connectivity index (χ0) is 15.0. The molecular formula is C16H14BrFN2O. The molecule has 1 aromatic heterocycles. The molecule has 1 atom stereocenters. The van der Waals surface area contributed by atoms with Gasteiger partial charge in [-0.3, -0.25) is 5.73 Å². The number of para-hydroxylation sites is 1. The Balaban J connectivity index is 2.20. The van der Waals surface area contributed by atoms with Gasteiger partial charge in [-0.15, -0.1) is 0 Å². The summed E-state index contributed by atoms with van der Waals surface area (Å²) >= 11 is 3.21. The molecule has 1 heterocycles. The van der Waals surface area contributed by atoms with Gasteiger partial charge in [-0.1, -0.05) is 12.1 Å². The zero-order valence-electron chi connectivity index (χ0n) is 11.4. The number of hydrogen-bond acceptors (Lipinski definition) is 2. The molecule has 2 aromatic carbocycles. The molecule has 3 nitrogen and oxygen atoms in total. The standard InChI is InChI=1S/C16H14BrFN2O/c1-10(19)21-16-9-20(15-5-3-2-4-12(15)16)11-6-7-14(18)13(17)8-11/h2-10H,19H2,1H3. The van der Waals surface area contributed by atoms with Crippen LogP contribution in [-0.2, 0) is 0 Å².